The van der Waals surface area contributed by atoms with Crippen LogP contribution in [0, 0.1) is 0 Å². The van der Waals surface area contributed by atoms with Gasteiger partial charge in [-0.1, -0.05) is 44.9 Å². The van der Waals surface area contributed by atoms with Crippen molar-refractivity contribution in [3.05, 3.63) is 29.3 Å². The first-order valence-electron chi connectivity index (χ1n) is 7.42. The van der Waals surface area contributed by atoms with Crippen molar-refractivity contribution in [1.82, 2.24) is 5.32 Å². The van der Waals surface area contributed by atoms with E-state index in [1.54, 1.807) is 0 Å². The van der Waals surface area contributed by atoms with Gasteiger partial charge in [0.05, 0.1) is 0 Å². The van der Waals surface area contributed by atoms with Gasteiger partial charge < -0.3 is 10.6 Å². The van der Waals surface area contributed by atoms with Gasteiger partial charge in [-0.15, -0.1) is 0 Å². The zero-order valence-electron chi connectivity index (χ0n) is 12.0. The maximum atomic E-state index is 5.47. The summed E-state index contributed by atoms with van der Waals surface area (Å²) in [6.07, 6.45) is 7.21. The third-order valence-electron chi connectivity index (χ3n) is 3.93. The largest absolute Gasteiger partial charge is 0.360 e. The summed E-state index contributed by atoms with van der Waals surface area (Å²) < 4.78 is 0. The normalized spacial score (nSPS) is 15.5. The molecule has 0 saturated heterocycles. The molecule has 0 atom stereocenters. The number of aryl methyl sites for hydroxylation is 2. The molecule has 3 heteroatoms. The first-order valence-corrected chi connectivity index (χ1v) is 7.83. The maximum absolute atomic E-state index is 5.47. The topological polar surface area (TPSA) is 24.1 Å². The molecule has 0 unspecified atom stereocenters. The molecule has 1 aliphatic rings. The van der Waals surface area contributed by atoms with Crippen molar-refractivity contribution in [2.45, 2.75) is 58.4 Å². The van der Waals surface area contributed by atoms with Crippen LogP contribution in [0.15, 0.2) is 18.2 Å². The van der Waals surface area contributed by atoms with Crippen LogP contribution in [0.2, 0.25) is 0 Å². The molecule has 0 radical (unpaired) electrons. The summed E-state index contributed by atoms with van der Waals surface area (Å²) in [4.78, 5) is 0. The minimum absolute atomic E-state index is 0.568. The Bertz CT molecular complexity index is 414. The Morgan fingerprint density at radius 1 is 1.16 bits per heavy atom. The Morgan fingerprint density at radius 3 is 2.26 bits per heavy atom. The smallest absolute Gasteiger partial charge is 0.171 e. The molecule has 0 bridgehead atoms. The molecular formula is C16H24N2S. The van der Waals surface area contributed by atoms with Crippen molar-refractivity contribution in [3.63, 3.8) is 0 Å². The Labute approximate surface area is 122 Å². The lowest BCUT2D eigenvalue weighted by molar-refractivity contribution is 0.634. The predicted octanol–water partition coefficient (Wildman–Crippen LogP) is 4.04. The van der Waals surface area contributed by atoms with Gasteiger partial charge in [0.25, 0.3) is 0 Å². The van der Waals surface area contributed by atoms with Gasteiger partial charge in [-0.2, -0.15) is 0 Å². The van der Waals surface area contributed by atoms with Crippen molar-refractivity contribution < 1.29 is 0 Å². The third kappa shape index (κ3) is 3.69. The minimum Gasteiger partial charge on any atom is -0.360 e. The van der Waals surface area contributed by atoms with Crippen LogP contribution in [0.1, 0.15) is 50.7 Å². The Kier molecular flexibility index (Phi) is 5.20. The van der Waals surface area contributed by atoms with Crippen LogP contribution in [0.3, 0.4) is 0 Å². The highest BCUT2D eigenvalue weighted by atomic mass is 32.1. The maximum Gasteiger partial charge on any atom is 0.171 e. The van der Waals surface area contributed by atoms with Crippen LogP contribution in [0.5, 0.6) is 0 Å². The van der Waals surface area contributed by atoms with E-state index in [0.29, 0.717) is 6.04 Å². The zero-order chi connectivity index (χ0) is 13.7. The molecule has 2 N–H and O–H groups in total. The number of anilines is 1. The van der Waals surface area contributed by atoms with Gasteiger partial charge >= 0.3 is 0 Å². The molecular weight excluding hydrogens is 252 g/mol. The van der Waals surface area contributed by atoms with E-state index in [9.17, 15) is 0 Å². The van der Waals surface area contributed by atoms with Crippen molar-refractivity contribution in [2.75, 3.05) is 5.32 Å². The SMILES string of the molecule is CCc1cccc(CC)c1NC(=S)NC1CCCC1. The Morgan fingerprint density at radius 2 is 1.74 bits per heavy atom. The van der Waals surface area contributed by atoms with Crippen molar-refractivity contribution in [2.24, 2.45) is 0 Å². The highest BCUT2D eigenvalue weighted by molar-refractivity contribution is 7.80. The fraction of sp³-hybridized carbons (Fsp3) is 0.562. The molecule has 1 fully saturated rings. The number of hydrogen-bond donors (Lipinski definition) is 2. The Hall–Kier alpha value is -1.09. The van der Waals surface area contributed by atoms with Gasteiger partial charge in [0.1, 0.15) is 0 Å². The van der Waals surface area contributed by atoms with Crippen molar-refractivity contribution in [1.29, 1.82) is 0 Å². The van der Waals surface area contributed by atoms with E-state index >= 15 is 0 Å². The number of nitrogens with one attached hydrogen (secondary N) is 2. The van der Waals surface area contributed by atoms with Crippen molar-refractivity contribution in [3.8, 4) is 0 Å². The van der Waals surface area contributed by atoms with E-state index in [2.05, 4.69) is 42.7 Å². The molecule has 0 heterocycles. The fourth-order valence-electron chi connectivity index (χ4n) is 2.81. The number of hydrogen-bond acceptors (Lipinski definition) is 1. The molecule has 0 spiro atoms. The second-order valence-corrected chi connectivity index (χ2v) is 5.65. The first-order chi connectivity index (χ1) is 9.24. The van der Waals surface area contributed by atoms with Crippen LogP contribution < -0.4 is 10.6 Å². The number of rotatable bonds is 4. The molecule has 1 aliphatic carbocycles. The second kappa shape index (κ2) is 6.90. The lowest BCUT2D eigenvalue weighted by Crippen LogP contribution is -2.36. The van der Waals surface area contributed by atoms with Gasteiger partial charge in [0.15, 0.2) is 5.11 Å². The van der Waals surface area contributed by atoms with Crippen LogP contribution in [0.25, 0.3) is 0 Å². The summed E-state index contributed by atoms with van der Waals surface area (Å²) in [6, 6.07) is 7.06. The summed E-state index contributed by atoms with van der Waals surface area (Å²) in [5, 5.41) is 7.66. The van der Waals surface area contributed by atoms with E-state index in [0.717, 1.165) is 18.0 Å². The molecule has 0 amide bonds. The van der Waals surface area contributed by atoms with Gasteiger partial charge in [0, 0.05) is 11.7 Å². The highest BCUT2D eigenvalue weighted by Crippen LogP contribution is 2.23. The summed E-state index contributed by atoms with van der Waals surface area (Å²) >= 11 is 5.47. The number of benzene rings is 1. The van der Waals surface area contributed by atoms with Crippen LogP contribution in [0.4, 0.5) is 5.69 Å². The lowest BCUT2D eigenvalue weighted by atomic mass is 10.0. The third-order valence-corrected chi connectivity index (χ3v) is 4.15. The quantitative estimate of drug-likeness (QED) is 0.812. The fourth-order valence-corrected chi connectivity index (χ4v) is 3.08. The zero-order valence-corrected chi connectivity index (χ0v) is 12.8. The molecule has 1 saturated carbocycles. The summed E-state index contributed by atoms with van der Waals surface area (Å²) in [6.45, 7) is 4.38. The molecule has 2 rings (SSSR count). The van der Waals surface area contributed by atoms with Crippen LogP contribution >= 0.6 is 12.2 Å². The van der Waals surface area contributed by atoms with Gasteiger partial charge in [-0.3, -0.25) is 0 Å². The van der Waals surface area contributed by atoms with Crippen LogP contribution in [-0.2, 0) is 12.8 Å². The molecule has 0 aromatic heterocycles. The van der Waals surface area contributed by atoms with E-state index in [-0.39, 0.29) is 0 Å². The van der Waals surface area contributed by atoms with Gasteiger partial charge in [-0.05, 0) is 49.0 Å². The Balaban J connectivity index is 2.06. The second-order valence-electron chi connectivity index (χ2n) is 5.24. The minimum atomic E-state index is 0.568. The average Bonchev–Trinajstić information content (AvgIpc) is 2.91. The average molecular weight is 276 g/mol. The van der Waals surface area contributed by atoms with Gasteiger partial charge in [0.2, 0.25) is 0 Å². The van der Waals surface area contributed by atoms with E-state index < -0.39 is 0 Å². The van der Waals surface area contributed by atoms with Crippen molar-refractivity contribution >= 4 is 23.0 Å². The first kappa shape index (κ1) is 14.3. The summed E-state index contributed by atoms with van der Waals surface area (Å²) in [5.74, 6) is 0. The standard InChI is InChI=1S/C16H24N2S/c1-3-12-8-7-9-13(4-2)15(12)18-16(19)17-14-10-5-6-11-14/h7-9,14H,3-6,10-11H2,1-2H3,(H2,17,18,19). The van der Waals surface area contributed by atoms with E-state index in [1.165, 1.54) is 42.5 Å². The van der Waals surface area contributed by atoms with E-state index in [4.69, 9.17) is 12.2 Å². The number of para-hydroxylation sites is 1. The lowest BCUT2D eigenvalue weighted by Gasteiger charge is -2.19. The van der Waals surface area contributed by atoms with E-state index in [1.807, 2.05) is 0 Å². The van der Waals surface area contributed by atoms with Crippen LogP contribution in [-0.4, -0.2) is 11.2 Å². The molecule has 104 valence electrons. The summed E-state index contributed by atoms with van der Waals surface area (Å²) in [7, 11) is 0. The molecule has 1 aromatic carbocycles. The van der Waals surface area contributed by atoms with Gasteiger partial charge in [-0.25, -0.2) is 0 Å². The molecule has 0 aliphatic heterocycles. The monoisotopic (exact) mass is 276 g/mol. The molecule has 1 aromatic rings. The predicted molar refractivity (Wildman–Crippen MR) is 86.8 cm³/mol. The molecule has 2 nitrogen and oxygen atoms in total. The summed E-state index contributed by atoms with van der Waals surface area (Å²) in [5.41, 5.74) is 3.90. The highest BCUT2D eigenvalue weighted by Gasteiger charge is 2.16. The molecule has 19 heavy (non-hydrogen) atoms. The number of thiocarbonyl (C=S) groups is 1.